The Hall–Kier alpha value is -4.61. The second kappa shape index (κ2) is 15.9. The van der Waals surface area contributed by atoms with E-state index < -0.39 is 11.6 Å². The Balaban J connectivity index is 1.17. The molecule has 0 heterocycles. The first-order valence-electron chi connectivity index (χ1n) is 15.7. The van der Waals surface area contributed by atoms with Crippen molar-refractivity contribution in [1.29, 1.82) is 0 Å². The van der Waals surface area contributed by atoms with Gasteiger partial charge in [-0.1, -0.05) is 128 Å². The van der Waals surface area contributed by atoms with E-state index in [0.29, 0.717) is 19.8 Å². The number of hydrogen-bond donors (Lipinski definition) is 0. The van der Waals surface area contributed by atoms with Gasteiger partial charge in [0.1, 0.15) is 13.2 Å². The normalized spacial score (nSPS) is 12.4. The fourth-order valence-electron chi connectivity index (χ4n) is 5.63. The first-order valence-corrected chi connectivity index (χ1v) is 15.7. The van der Waals surface area contributed by atoms with Crippen LogP contribution in [0.2, 0.25) is 0 Å². The van der Waals surface area contributed by atoms with Gasteiger partial charge in [-0.05, 0) is 59.7 Å². The summed E-state index contributed by atoms with van der Waals surface area (Å²) in [7, 11) is 1.41. The Morgan fingerprint density at radius 1 is 0.644 bits per heavy atom. The van der Waals surface area contributed by atoms with Crippen LogP contribution < -0.4 is 9.47 Å². The van der Waals surface area contributed by atoms with E-state index in [0.717, 1.165) is 76.6 Å². The minimum Gasteiger partial charge on any atom is -0.485 e. The summed E-state index contributed by atoms with van der Waals surface area (Å²) in [4.78, 5) is 13.0. The summed E-state index contributed by atoms with van der Waals surface area (Å²) in [6, 6.07) is 40.5. The molecule has 1 atom stereocenters. The number of para-hydroxylation sites is 1. The first-order chi connectivity index (χ1) is 22.1. The molecule has 0 saturated carbocycles. The zero-order chi connectivity index (χ0) is 31.3. The third-order valence-electron chi connectivity index (χ3n) is 8.13. The molecule has 0 fully saturated rings. The zero-order valence-corrected chi connectivity index (χ0v) is 26.2. The van der Waals surface area contributed by atoms with Gasteiger partial charge in [0, 0.05) is 12.2 Å². The average Bonchev–Trinajstić information content (AvgIpc) is 3.09. The monoisotopic (exact) mass is 602 g/mol. The largest absolute Gasteiger partial charge is 0.485 e. The van der Waals surface area contributed by atoms with Crippen LogP contribution in [0.1, 0.15) is 54.9 Å². The van der Waals surface area contributed by atoms with Crippen LogP contribution in [0.5, 0.6) is 11.5 Å². The molecule has 0 aliphatic rings. The SMILES string of the molecule is COC(=O)C(C)(OCCCCCCc1cccc(OCc2ccccc2)c1OCc1ccccc1)c1cccc2ccccc12. The Kier molecular flexibility index (Phi) is 11.3. The standard InChI is InChI=1S/C40H42O5/c1-40(39(41)42-2,36-26-15-23-33-21-12-13-25-35(33)36)45-28-14-4-3-11-22-34-24-16-27-37(43-29-31-17-7-5-8-18-31)38(34)44-30-32-19-9-6-10-20-32/h5-10,12-13,15-21,23-27H,3-4,11,14,22,28-30H2,1-2H3. The molecule has 0 radical (unpaired) electrons. The van der Waals surface area contributed by atoms with Crippen molar-refractivity contribution in [3.63, 3.8) is 0 Å². The maximum absolute atomic E-state index is 13.0. The summed E-state index contributed by atoms with van der Waals surface area (Å²) in [5, 5.41) is 2.06. The second-order valence-corrected chi connectivity index (χ2v) is 11.4. The molecule has 5 rings (SSSR count). The highest BCUT2D eigenvalue weighted by Crippen LogP contribution is 2.35. The highest BCUT2D eigenvalue weighted by Gasteiger charge is 2.38. The fraction of sp³-hybridized carbons (Fsp3) is 0.275. The molecule has 5 nitrogen and oxygen atoms in total. The van der Waals surface area contributed by atoms with Gasteiger partial charge in [0.25, 0.3) is 0 Å². The number of fused-ring (bicyclic) bond motifs is 1. The fourth-order valence-corrected chi connectivity index (χ4v) is 5.63. The zero-order valence-electron chi connectivity index (χ0n) is 26.2. The number of hydrogen-bond acceptors (Lipinski definition) is 5. The van der Waals surface area contributed by atoms with Crippen LogP contribution in [0.25, 0.3) is 10.8 Å². The molecular formula is C40H42O5. The van der Waals surface area contributed by atoms with Gasteiger partial charge in [-0.15, -0.1) is 0 Å². The summed E-state index contributed by atoms with van der Waals surface area (Å²) in [5.41, 5.74) is 3.01. The van der Waals surface area contributed by atoms with E-state index in [1.54, 1.807) is 0 Å². The predicted molar refractivity (Wildman–Crippen MR) is 179 cm³/mol. The van der Waals surface area contributed by atoms with E-state index >= 15 is 0 Å². The molecule has 0 bridgehead atoms. The van der Waals surface area contributed by atoms with Crippen molar-refractivity contribution >= 4 is 16.7 Å². The molecule has 232 valence electrons. The van der Waals surface area contributed by atoms with Gasteiger partial charge in [-0.3, -0.25) is 0 Å². The van der Waals surface area contributed by atoms with E-state index in [2.05, 4.69) is 30.3 Å². The molecule has 0 aliphatic carbocycles. The Bertz CT molecular complexity index is 1640. The van der Waals surface area contributed by atoms with Crippen molar-refractivity contribution in [2.45, 2.75) is 57.8 Å². The van der Waals surface area contributed by atoms with Crippen LogP contribution in [0.4, 0.5) is 0 Å². The lowest BCUT2D eigenvalue weighted by molar-refractivity contribution is -0.169. The average molecular weight is 603 g/mol. The molecule has 5 aromatic rings. The molecule has 0 N–H and O–H groups in total. The minimum absolute atomic E-state index is 0.392. The van der Waals surface area contributed by atoms with Gasteiger partial charge in [0.15, 0.2) is 17.1 Å². The Morgan fingerprint density at radius 3 is 2.00 bits per heavy atom. The molecule has 0 saturated heterocycles. The van der Waals surface area contributed by atoms with E-state index in [-0.39, 0.29) is 0 Å². The molecule has 0 aliphatic heterocycles. The summed E-state index contributed by atoms with van der Waals surface area (Å²) in [6.07, 6.45) is 4.73. The first kappa shape index (κ1) is 31.8. The number of carbonyl (C=O) groups is 1. The number of methoxy groups -OCH3 is 1. The van der Waals surface area contributed by atoms with Crippen LogP contribution in [0, 0.1) is 0 Å². The van der Waals surface area contributed by atoms with E-state index in [9.17, 15) is 4.79 Å². The van der Waals surface area contributed by atoms with Crippen LogP contribution in [-0.2, 0) is 39.5 Å². The Labute approximate surface area is 266 Å². The number of unbranched alkanes of at least 4 members (excludes halogenated alkanes) is 3. The molecule has 0 aromatic heterocycles. The second-order valence-electron chi connectivity index (χ2n) is 11.4. The van der Waals surface area contributed by atoms with Crippen LogP contribution >= 0.6 is 0 Å². The summed E-state index contributed by atoms with van der Waals surface area (Å²) < 4.78 is 24.1. The highest BCUT2D eigenvalue weighted by molar-refractivity contribution is 5.92. The van der Waals surface area contributed by atoms with E-state index in [1.807, 2.05) is 97.9 Å². The minimum atomic E-state index is -1.18. The summed E-state index contributed by atoms with van der Waals surface area (Å²) in [5.74, 6) is 1.18. The van der Waals surface area contributed by atoms with Crippen LogP contribution in [0.3, 0.4) is 0 Å². The maximum Gasteiger partial charge on any atom is 0.342 e. The van der Waals surface area contributed by atoms with Crippen molar-refractivity contribution in [2.24, 2.45) is 0 Å². The number of aryl methyl sites for hydroxylation is 1. The van der Waals surface area contributed by atoms with Crippen molar-refractivity contribution in [1.82, 2.24) is 0 Å². The number of carbonyl (C=O) groups excluding carboxylic acids is 1. The quantitative estimate of drug-likeness (QED) is 0.0833. The third-order valence-corrected chi connectivity index (χ3v) is 8.13. The number of benzene rings is 5. The molecule has 5 heteroatoms. The van der Waals surface area contributed by atoms with Crippen molar-refractivity contribution in [2.75, 3.05) is 13.7 Å². The topological polar surface area (TPSA) is 54.0 Å². The van der Waals surface area contributed by atoms with Gasteiger partial charge >= 0.3 is 5.97 Å². The molecule has 5 aromatic carbocycles. The molecule has 1 unspecified atom stereocenters. The lowest BCUT2D eigenvalue weighted by atomic mass is 9.90. The highest BCUT2D eigenvalue weighted by atomic mass is 16.6. The third kappa shape index (κ3) is 8.31. The summed E-state index contributed by atoms with van der Waals surface area (Å²) >= 11 is 0. The van der Waals surface area contributed by atoms with Crippen LogP contribution in [0.15, 0.2) is 121 Å². The maximum atomic E-state index is 13.0. The molecule has 45 heavy (non-hydrogen) atoms. The van der Waals surface area contributed by atoms with Crippen molar-refractivity contribution < 1.29 is 23.7 Å². The number of rotatable bonds is 16. The van der Waals surface area contributed by atoms with Crippen LogP contribution in [-0.4, -0.2) is 19.7 Å². The lowest BCUT2D eigenvalue weighted by Crippen LogP contribution is -2.37. The van der Waals surface area contributed by atoms with Gasteiger partial charge in [-0.25, -0.2) is 4.79 Å². The van der Waals surface area contributed by atoms with Gasteiger partial charge in [0.05, 0.1) is 7.11 Å². The summed E-state index contributed by atoms with van der Waals surface area (Å²) in [6.45, 7) is 3.23. The Morgan fingerprint density at radius 2 is 1.27 bits per heavy atom. The van der Waals surface area contributed by atoms with Crippen molar-refractivity contribution in [3.8, 4) is 11.5 Å². The molecule has 0 amide bonds. The molecule has 0 spiro atoms. The van der Waals surface area contributed by atoms with Crippen molar-refractivity contribution in [3.05, 3.63) is 144 Å². The van der Waals surface area contributed by atoms with Gasteiger partial charge in [-0.2, -0.15) is 0 Å². The van der Waals surface area contributed by atoms with Gasteiger partial charge < -0.3 is 18.9 Å². The number of ether oxygens (including phenoxy) is 4. The van der Waals surface area contributed by atoms with E-state index in [1.165, 1.54) is 7.11 Å². The number of esters is 1. The van der Waals surface area contributed by atoms with Gasteiger partial charge in [0.2, 0.25) is 0 Å². The lowest BCUT2D eigenvalue weighted by Gasteiger charge is -2.29. The molecular weight excluding hydrogens is 560 g/mol. The smallest absolute Gasteiger partial charge is 0.342 e. The van der Waals surface area contributed by atoms with E-state index in [4.69, 9.17) is 18.9 Å². The predicted octanol–water partition coefficient (Wildman–Crippen LogP) is 9.21.